The summed E-state index contributed by atoms with van der Waals surface area (Å²) in [7, 11) is 0. The van der Waals surface area contributed by atoms with E-state index in [0.717, 1.165) is 25.0 Å². The zero-order valence-corrected chi connectivity index (χ0v) is 10.6. The summed E-state index contributed by atoms with van der Waals surface area (Å²) in [6.45, 7) is 4.67. The van der Waals surface area contributed by atoms with Gasteiger partial charge in [0.1, 0.15) is 0 Å². The van der Waals surface area contributed by atoms with Crippen molar-refractivity contribution in [2.45, 2.75) is 51.2 Å². The summed E-state index contributed by atoms with van der Waals surface area (Å²) >= 11 is 0. The number of hydrogen-bond acceptors (Lipinski definition) is 3. The van der Waals surface area contributed by atoms with Crippen LogP contribution in [0.3, 0.4) is 0 Å². The van der Waals surface area contributed by atoms with Gasteiger partial charge in [-0.3, -0.25) is 4.98 Å². The minimum Gasteiger partial charge on any atom is -0.390 e. The van der Waals surface area contributed by atoms with Crippen molar-refractivity contribution in [2.75, 3.05) is 6.61 Å². The number of aliphatic hydroxyl groups is 1. The number of ether oxygens (including phenoxy) is 1. The van der Waals surface area contributed by atoms with Gasteiger partial charge in [0.05, 0.1) is 12.2 Å². The second kappa shape index (κ2) is 5.61. The zero-order valence-electron chi connectivity index (χ0n) is 10.6. The molecule has 0 saturated carbocycles. The molecule has 2 rings (SSSR count). The Balaban J connectivity index is 2.13. The highest BCUT2D eigenvalue weighted by Crippen LogP contribution is 2.35. The van der Waals surface area contributed by atoms with Crippen molar-refractivity contribution in [3.8, 4) is 0 Å². The highest BCUT2D eigenvalue weighted by Gasteiger charge is 2.34. The standard InChI is InChI=1S/C14H21NO2/c1-3-12(17-4-2)14(16)11-8-7-10-6-5-9-15-13(10)11/h5-6,9,11-12,14,16H,3-4,7-8H2,1-2H3. The molecule has 3 heteroatoms. The van der Waals surface area contributed by atoms with Crippen molar-refractivity contribution in [3.63, 3.8) is 0 Å². The van der Waals surface area contributed by atoms with E-state index in [-0.39, 0.29) is 12.0 Å². The maximum Gasteiger partial charge on any atom is 0.0885 e. The Morgan fingerprint density at radius 2 is 2.35 bits per heavy atom. The van der Waals surface area contributed by atoms with Crippen LogP contribution in [0.15, 0.2) is 18.3 Å². The van der Waals surface area contributed by atoms with Crippen molar-refractivity contribution < 1.29 is 9.84 Å². The SMILES string of the molecule is CCOC(CC)C(O)C1CCc2cccnc21. The van der Waals surface area contributed by atoms with Crippen LogP contribution in [0, 0.1) is 0 Å². The second-order valence-electron chi connectivity index (χ2n) is 4.59. The molecule has 0 fully saturated rings. The van der Waals surface area contributed by atoms with Crippen molar-refractivity contribution in [2.24, 2.45) is 0 Å². The molecule has 0 aliphatic heterocycles. The maximum atomic E-state index is 10.4. The van der Waals surface area contributed by atoms with Gasteiger partial charge in [0.25, 0.3) is 0 Å². The third kappa shape index (κ3) is 2.50. The Bertz CT molecular complexity index is 367. The Hall–Kier alpha value is -0.930. The molecule has 0 bridgehead atoms. The molecule has 1 N–H and O–H groups in total. The van der Waals surface area contributed by atoms with Gasteiger partial charge >= 0.3 is 0 Å². The van der Waals surface area contributed by atoms with E-state index in [1.807, 2.05) is 19.2 Å². The predicted molar refractivity (Wildman–Crippen MR) is 67.0 cm³/mol. The molecule has 0 spiro atoms. The number of rotatable bonds is 5. The van der Waals surface area contributed by atoms with Crippen LogP contribution in [0.4, 0.5) is 0 Å². The lowest BCUT2D eigenvalue weighted by atomic mass is 9.94. The fourth-order valence-corrected chi connectivity index (χ4v) is 2.71. The third-order valence-corrected chi connectivity index (χ3v) is 3.58. The number of nitrogens with zero attached hydrogens (tertiary/aromatic N) is 1. The number of aliphatic hydroxyl groups excluding tert-OH is 1. The maximum absolute atomic E-state index is 10.4. The van der Waals surface area contributed by atoms with Gasteiger partial charge in [0, 0.05) is 24.4 Å². The Kier molecular flexibility index (Phi) is 4.13. The molecule has 0 radical (unpaired) electrons. The van der Waals surface area contributed by atoms with E-state index in [9.17, 15) is 5.11 Å². The van der Waals surface area contributed by atoms with E-state index in [1.165, 1.54) is 5.56 Å². The molecule has 17 heavy (non-hydrogen) atoms. The van der Waals surface area contributed by atoms with Gasteiger partial charge in [-0.05, 0) is 37.8 Å². The summed E-state index contributed by atoms with van der Waals surface area (Å²) in [5.74, 6) is 0.141. The van der Waals surface area contributed by atoms with E-state index >= 15 is 0 Å². The van der Waals surface area contributed by atoms with Crippen molar-refractivity contribution >= 4 is 0 Å². The first-order chi connectivity index (χ1) is 8.27. The van der Waals surface area contributed by atoms with E-state index in [1.54, 1.807) is 0 Å². The lowest BCUT2D eigenvalue weighted by Gasteiger charge is -2.26. The lowest BCUT2D eigenvalue weighted by Crippen LogP contribution is -2.33. The van der Waals surface area contributed by atoms with E-state index < -0.39 is 6.10 Å². The van der Waals surface area contributed by atoms with E-state index in [2.05, 4.69) is 18.0 Å². The first-order valence-electron chi connectivity index (χ1n) is 6.51. The smallest absolute Gasteiger partial charge is 0.0885 e. The third-order valence-electron chi connectivity index (χ3n) is 3.58. The largest absolute Gasteiger partial charge is 0.390 e. The monoisotopic (exact) mass is 235 g/mol. The number of hydrogen-bond donors (Lipinski definition) is 1. The molecule has 1 aliphatic carbocycles. The number of aromatic nitrogens is 1. The minimum atomic E-state index is -0.434. The molecule has 3 unspecified atom stereocenters. The Morgan fingerprint density at radius 1 is 1.53 bits per heavy atom. The average molecular weight is 235 g/mol. The van der Waals surface area contributed by atoms with Gasteiger partial charge in [-0.25, -0.2) is 0 Å². The molecular weight excluding hydrogens is 214 g/mol. The molecule has 1 aromatic rings. The first-order valence-corrected chi connectivity index (χ1v) is 6.51. The quantitative estimate of drug-likeness (QED) is 0.851. The topological polar surface area (TPSA) is 42.4 Å². The minimum absolute atomic E-state index is 0.0713. The van der Waals surface area contributed by atoms with Gasteiger partial charge < -0.3 is 9.84 Å². The first kappa shape index (κ1) is 12.5. The fraction of sp³-hybridized carbons (Fsp3) is 0.643. The number of pyridine rings is 1. The summed E-state index contributed by atoms with van der Waals surface area (Å²) < 4.78 is 5.60. The summed E-state index contributed by atoms with van der Waals surface area (Å²) in [4.78, 5) is 4.42. The molecule has 0 amide bonds. The van der Waals surface area contributed by atoms with Crippen LogP contribution in [0.2, 0.25) is 0 Å². The highest BCUT2D eigenvalue weighted by molar-refractivity contribution is 5.29. The highest BCUT2D eigenvalue weighted by atomic mass is 16.5. The number of fused-ring (bicyclic) bond motifs is 1. The van der Waals surface area contributed by atoms with Crippen LogP contribution < -0.4 is 0 Å². The van der Waals surface area contributed by atoms with Gasteiger partial charge in [-0.1, -0.05) is 13.0 Å². The number of aryl methyl sites for hydroxylation is 1. The van der Waals surface area contributed by atoms with Crippen LogP contribution >= 0.6 is 0 Å². The molecular formula is C14H21NO2. The van der Waals surface area contributed by atoms with Crippen molar-refractivity contribution in [1.82, 2.24) is 4.98 Å². The average Bonchev–Trinajstić information content (AvgIpc) is 2.79. The molecule has 1 aliphatic rings. The van der Waals surface area contributed by atoms with Gasteiger partial charge in [0.2, 0.25) is 0 Å². The van der Waals surface area contributed by atoms with Gasteiger partial charge in [-0.15, -0.1) is 0 Å². The van der Waals surface area contributed by atoms with Gasteiger partial charge in [-0.2, -0.15) is 0 Å². The van der Waals surface area contributed by atoms with E-state index in [4.69, 9.17) is 4.74 Å². The predicted octanol–water partition coefficient (Wildman–Crippen LogP) is 2.29. The molecule has 0 aromatic carbocycles. The molecule has 3 nitrogen and oxygen atoms in total. The molecule has 0 saturated heterocycles. The Labute approximate surface area is 103 Å². The fourth-order valence-electron chi connectivity index (χ4n) is 2.71. The van der Waals surface area contributed by atoms with Crippen LogP contribution in [0.1, 0.15) is 43.9 Å². The van der Waals surface area contributed by atoms with Gasteiger partial charge in [0.15, 0.2) is 0 Å². The Morgan fingerprint density at radius 3 is 3.06 bits per heavy atom. The zero-order chi connectivity index (χ0) is 12.3. The molecule has 3 atom stereocenters. The summed E-state index contributed by atoms with van der Waals surface area (Å²) in [6.07, 6.45) is 4.15. The van der Waals surface area contributed by atoms with E-state index in [0.29, 0.717) is 6.61 Å². The summed E-state index contributed by atoms with van der Waals surface area (Å²) in [5.41, 5.74) is 2.35. The normalized spacial score (nSPS) is 22.2. The van der Waals surface area contributed by atoms with Crippen LogP contribution in [-0.2, 0) is 11.2 Å². The molecule has 94 valence electrons. The summed E-state index contributed by atoms with van der Waals surface area (Å²) in [5, 5.41) is 10.4. The second-order valence-corrected chi connectivity index (χ2v) is 4.59. The molecule has 1 heterocycles. The lowest BCUT2D eigenvalue weighted by molar-refractivity contribution is -0.0458. The van der Waals surface area contributed by atoms with Crippen molar-refractivity contribution in [3.05, 3.63) is 29.6 Å². The summed E-state index contributed by atoms with van der Waals surface area (Å²) in [6, 6.07) is 4.07. The van der Waals surface area contributed by atoms with Crippen LogP contribution in [-0.4, -0.2) is 28.9 Å². The molecule has 1 aromatic heterocycles. The van der Waals surface area contributed by atoms with Crippen LogP contribution in [0.5, 0.6) is 0 Å². The van der Waals surface area contributed by atoms with Crippen molar-refractivity contribution in [1.29, 1.82) is 0 Å². The van der Waals surface area contributed by atoms with Crippen LogP contribution in [0.25, 0.3) is 0 Å².